The molecular weight excluding hydrogens is 224 g/mol. The van der Waals surface area contributed by atoms with Gasteiger partial charge in [0.2, 0.25) is 0 Å². The lowest BCUT2D eigenvalue weighted by Crippen LogP contribution is -2.33. The first-order chi connectivity index (χ1) is 7.75. The van der Waals surface area contributed by atoms with Gasteiger partial charge in [-0.1, -0.05) is 11.6 Å². The van der Waals surface area contributed by atoms with Gasteiger partial charge in [0, 0.05) is 12.2 Å². The van der Waals surface area contributed by atoms with Gasteiger partial charge in [-0.2, -0.15) is 0 Å². The molecule has 1 atom stereocenters. The molecule has 2 rings (SSSR count). The normalized spacial score (nSPS) is 20.7. The van der Waals surface area contributed by atoms with Crippen molar-refractivity contribution < 1.29 is 5.11 Å². The van der Waals surface area contributed by atoms with Crippen LogP contribution >= 0.6 is 11.6 Å². The maximum absolute atomic E-state index is 9.29. The summed E-state index contributed by atoms with van der Waals surface area (Å²) in [6.45, 7) is 3.18. The molecule has 1 aliphatic rings. The zero-order valence-electron chi connectivity index (χ0n) is 9.17. The number of piperidine rings is 1. The van der Waals surface area contributed by atoms with Gasteiger partial charge in [-0.3, -0.25) is 0 Å². The van der Waals surface area contributed by atoms with Crippen molar-refractivity contribution in [3.8, 4) is 5.75 Å². The lowest BCUT2D eigenvalue weighted by Gasteiger charge is -2.23. The molecule has 1 aromatic carbocycles. The first kappa shape index (κ1) is 11.6. The van der Waals surface area contributed by atoms with E-state index in [1.54, 1.807) is 12.1 Å². The third-order valence-electron chi connectivity index (χ3n) is 2.94. The van der Waals surface area contributed by atoms with E-state index in [2.05, 4.69) is 10.6 Å². The number of rotatable bonds is 3. The fourth-order valence-electron chi connectivity index (χ4n) is 1.98. The predicted octanol–water partition coefficient (Wildman–Crippen LogP) is 2.46. The summed E-state index contributed by atoms with van der Waals surface area (Å²) in [4.78, 5) is 0. The topological polar surface area (TPSA) is 44.3 Å². The van der Waals surface area contributed by atoms with Gasteiger partial charge >= 0.3 is 0 Å². The Morgan fingerprint density at radius 3 is 3.06 bits per heavy atom. The molecule has 0 aromatic heterocycles. The van der Waals surface area contributed by atoms with E-state index in [0.717, 1.165) is 25.3 Å². The number of aromatic hydroxyl groups is 1. The van der Waals surface area contributed by atoms with Crippen LogP contribution in [-0.2, 0) is 0 Å². The summed E-state index contributed by atoms with van der Waals surface area (Å²) < 4.78 is 0. The second-order valence-corrected chi connectivity index (χ2v) is 4.67. The van der Waals surface area contributed by atoms with Crippen LogP contribution in [0.5, 0.6) is 5.75 Å². The molecule has 0 saturated carbocycles. The number of phenols is 1. The summed E-state index contributed by atoms with van der Waals surface area (Å²) >= 11 is 5.83. The molecule has 0 radical (unpaired) electrons. The maximum Gasteiger partial charge on any atom is 0.134 e. The molecule has 88 valence electrons. The molecule has 1 saturated heterocycles. The first-order valence-corrected chi connectivity index (χ1v) is 6.06. The molecule has 0 amide bonds. The van der Waals surface area contributed by atoms with Crippen LogP contribution in [0, 0.1) is 5.92 Å². The first-order valence-electron chi connectivity index (χ1n) is 5.69. The Balaban J connectivity index is 1.86. The smallest absolute Gasteiger partial charge is 0.134 e. The highest BCUT2D eigenvalue weighted by atomic mass is 35.5. The molecule has 0 bridgehead atoms. The van der Waals surface area contributed by atoms with E-state index in [1.165, 1.54) is 12.8 Å². The van der Waals surface area contributed by atoms with E-state index in [9.17, 15) is 5.11 Å². The molecule has 1 aliphatic heterocycles. The highest BCUT2D eigenvalue weighted by Gasteiger charge is 2.12. The van der Waals surface area contributed by atoms with E-state index in [0.29, 0.717) is 10.9 Å². The van der Waals surface area contributed by atoms with E-state index >= 15 is 0 Å². The molecule has 16 heavy (non-hydrogen) atoms. The maximum atomic E-state index is 9.29. The van der Waals surface area contributed by atoms with Crippen LogP contribution in [0.4, 0.5) is 5.69 Å². The van der Waals surface area contributed by atoms with Crippen molar-refractivity contribution in [2.24, 2.45) is 5.92 Å². The van der Waals surface area contributed by atoms with E-state index in [-0.39, 0.29) is 5.75 Å². The van der Waals surface area contributed by atoms with Crippen LogP contribution in [0.15, 0.2) is 18.2 Å². The zero-order chi connectivity index (χ0) is 11.4. The number of hydrogen-bond acceptors (Lipinski definition) is 3. The Morgan fingerprint density at radius 1 is 1.50 bits per heavy atom. The van der Waals surface area contributed by atoms with Crippen molar-refractivity contribution in [2.75, 3.05) is 25.0 Å². The van der Waals surface area contributed by atoms with Crippen molar-refractivity contribution in [1.29, 1.82) is 0 Å². The Bertz CT molecular complexity index is 351. The Morgan fingerprint density at radius 2 is 2.38 bits per heavy atom. The zero-order valence-corrected chi connectivity index (χ0v) is 9.93. The van der Waals surface area contributed by atoms with Gasteiger partial charge in [-0.05, 0) is 50.0 Å². The second kappa shape index (κ2) is 5.41. The Kier molecular flexibility index (Phi) is 3.91. The fourth-order valence-corrected chi connectivity index (χ4v) is 2.16. The molecule has 3 N–H and O–H groups in total. The molecule has 1 heterocycles. The third kappa shape index (κ3) is 3.03. The van der Waals surface area contributed by atoms with Crippen molar-refractivity contribution >= 4 is 17.3 Å². The van der Waals surface area contributed by atoms with E-state index < -0.39 is 0 Å². The predicted molar refractivity (Wildman–Crippen MR) is 67.2 cm³/mol. The molecule has 4 heteroatoms. The van der Waals surface area contributed by atoms with Gasteiger partial charge in [0.25, 0.3) is 0 Å². The molecule has 1 fully saturated rings. The lowest BCUT2D eigenvalue weighted by molar-refractivity contribution is 0.393. The minimum Gasteiger partial charge on any atom is -0.506 e. The fraction of sp³-hybridized carbons (Fsp3) is 0.500. The summed E-state index contributed by atoms with van der Waals surface area (Å²) in [6, 6.07) is 5.22. The van der Waals surface area contributed by atoms with Gasteiger partial charge in [0.15, 0.2) is 0 Å². The largest absolute Gasteiger partial charge is 0.506 e. The van der Waals surface area contributed by atoms with Gasteiger partial charge in [-0.15, -0.1) is 0 Å². The van der Waals surface area contributed by atoms with Gasteiger partial charge < -0.3 is 15.7 Å². The van der Waals surface area contributed by atoms with Crippen LogP contribution in [0.3, 0.4) is 0 Å². The number of nitrogens with one attached hydrogen (secondary N) is 2. The number of hydrogen-bond donors (Lipinski definition) is 3. The van der Waals surface area contributed by atoms with Crippen molar-refractivity contribution in [3.63, 3.8) is 0 Å². The minimum atomic E-state index is 0.131. The summed E-state index contributed by atoms with van der Waals surface area (Å²) in [5.41, 5.74) is 0.966. The molecule has 0 spiro atoms. The standard InChI is InChI=1S/C12H17ClN2O/c13-11-6-10(3-4-12(11)16)15-8-9-2-1-5-14-7-9/h3-4,6,9,14-16H,1-2,5,7-8H2. The monoisotopic (exact) mass is 240 g/mol. The SMILES string of the molecule is Oc1ccc(NCC2CCCNC2)cc1Cl. The van der Waals surface area contributed by atoms with Gasteiger partial charge in [-0.25, -0.2) is 0 Å². The molecule has 0 aliphatic carbocycles. The summed E-state index contributed by atoms with van der Waals surface area (Å²) in [5, 5.41) is 16.4. The highest BCUT2D eigenvalue weighted by molar-refractivity contribution is 6.32. The van der Waals surface area contributed by atoms with Crippen molar-refractivity contribution in [1.82, 2.24) is 5.32 Å². The molecule has 1 unspecified atom stereocenters. The van der Waals surface area contributed by atoms with Crippen LogP contribution in [0.2, 0.25) is 5.02 Å². The average Bonchev–Trinajstić information content (AvgIpc) is 2.32. The number of benzene rings is 1. The lowest BCUT2D eigenvalue weighted by atomic mass is 10.00. The van der Waals surface area contributed by atoms with Crippen LogP contribution < -0.4 is 10.6 Å². The summed E-state index contributed by atoms with van der Waals surface area (Å²) in [7, 11) is 0. The molecule has 1 aromatic rings. The number of anilines is 1. The second-order valence-electron chi connectivity index (χ2n) is 4.26. The van der Waals surface area contributed by atoms with Crippen LogP contribution in [0.25, 0.3) is 0 Å². The average molecular weight is 241 g/mol. The van der Waals surface area contributed by atoms with E-state index in [1.807, 2.05) is 6.07 Å². The van der Waals surface area contributed by atoms with Crippen LogP contribution in [-0.4, -0.2) is 24.7 Å². The number of phenolic OH excluding ortho intramolecular Hbond substituents is 1. The Hall–Kier alpha value is -0.930. The third-order valence-corrected chi connectivity index (χ3v) is 3.24. The highest BCUT2D eigenvalue weighted by Crippen LogP contribution is 2.26. The van der Waals surface area contributed by atoms with E-state index in [4.69, 9.17) is 11.6 Å². The minimum absolute atomic E-state index is 0.131. The van der Waals surface area contributed by atoms with Crippen molar-refractivity contribution in [2.45, 2.75) is 12.8 Å². The van der Waals surface area contributed by atoms with Gasteiger partial charge in [0.05, 0.1) is 5.02 Å². The summed E-state index contributed by atoms with van der Waals surface area (Å²) in [5.74, 6) is 0.813. The molecule has 3 nitrogen and oxygen atoms in total. The van der Waals surface area contributed by atoms with Crippen molar-refractivity contribution in [3.05, 3.63) is 23.2 Å². The van der Waals surface area contributed by atoms with Crippen LogP contribution in [0.1, 0.15) is 12.8 Å². The Labute approximate surface area is 101 Å². The summed E-state index contributed by atoms with van der Waals surface area (Å²) in [6.07, 6.45) is 2.52. The number of halogens is 1. The quantitative estimate of drug-likeness (QED) is 0.712. The molecular formula is C12H17ClN2O. The van der Waals surface area contributed by atoms with Gasteiger partial charge in [0.1, 0.15) is 5.75 Å².